The first-order valence-corrected chi connectivity index (χ1v) is 9.64. The molecule has 1 heterocycles. The maximum Gasteiger partial charge on any atom is 0.248 e. The van der Waals surface area contributed by atoms with Gasteiger partial charge in [-0.25, -0.2) is 0 Å². The van der Waals surface area contributed by atoms with Crippen molar-refractivity contribution in [3.63, 3.8) is 0 Å². The molecule has 1 N–H and O–H groups in total. The summed E-state index contributed by atoms with van der Waals surface area (Å²) in [7, 11) is 2.14. The van der Waals surface area contributed by atoms with E-state index in [1.807, 2.05) is 24.3 Å². The number of carbonyl (C=O) groups excluding carboxylic acids is 1. The van der Waals surface area contributed by atoms with E-state index in [1.54, 1.807) is 6.08 Å². The number of nitrogens with zero attached hydrogens (tertiary/aromatic N) is 2. The van der Waals surface area contributed by atoms with Gasteiger partial charge in [0.1, 0.15) is 0 Å². The zero-order valence-electron chi connectivity index (χ0n) is 16.5. The van der Waals surface area contributed by atoms with Crippen molar-refractivity contribution >= 4 is 23.4 Å². The highest BCUT2D eigenvalue weighted by Crippen LogP contribution is 2.26. The van der Waals surface area contributed by atoms with Gasteiger partial charge in [0.25, 0.3) is 0 Å². The van der Waals surface area contributed by atoms with Crippen LogP contribution in [-0.2, 0) is 4.79 Å². The molecule has 4 nitrogen and oxygen atoms in total. The molecular weight excluding hydrogens is 334 g/mol. The highest BCUT2D eigenvalue weighted by molar-refractivity contribution is 6.03. The molecular formula is C23H29N3O. The van der Waals surface area contributed by atoms with Gasteiger partial charge < -0.3 is 15.1 Å². The highest BCUT2D eigenvalue weighted by atomic mass is 16.1. The number of benzene rings is 2. The minimum Gasteiger partial charge on any atom is -0.367 e. The van der Waals surface area contributed by atoms with E-state index in [1.165, 1.54) is 5.56 Å². The molecule has 0 bridgehead atoms. The lowest BCUT2D eigenvalue weighted by Crippen LogP contribution is -2.44. The predicted octanol–water partition coefficient (Wildman–Crippen LogP) is 4.21. The fraction of sp³-hybridized carbons (Fsp3) is 0.348. The summed E-state index contributed by atoms with van der Waals surface area (Å²) >= 11 is 0. The molecule has 1 aliphatic heterocycles. The minimum atomic E-state index is -0.107. The minimum absolute atomic E-state index is 0.107. The number of hydrogen-bond donors (Lipinski definition) is 1. The van der Waals surface area contributed by atoms with E-state index in [9.17, 15) is 4.79 Å². The van der Waals surface area contributed by atoms with E-state index in [0.717, 1.165) is 43.1 Å². The summed E-state index contributed by atoms with van der Waals surface area (Å²) in [5.41, 5.74) is 4.29. The van der Waals surface area contributed by atoms with E-state index in [4.69, 9.17) is 0 Å². The maximum absolute atomic E-state index is 12.4. The number of carbonyl (C=O) groups is 1. The Hall–Kier alpha value is -2.59. The third-order valence-electron chi connectivity index (χ3n) is 5.04. The molecule has 0 spiro atoms. The molecule has 4 heteroatoms. The second kappa shape index (κ2) is 8.87. The second-order valence-corrected chi connectivity index (χ2v) is 7.45. The Labute approximate surface area is 162 Å². The molecule has 3 rings (SSSR count). The number of anilines is 2. The van der Waals surface area contributed by atoms with Crippen molar-refractivity contribution in [1.82, 2.24) is 4.90 Å². The number of nitrogens with one attached hydrogen (secondary N) is 1. The van der Waals surface area contributed by atoms with Gasteiger partial charge in [0.15, 0.2) is 0 Å². The van der Waals surface area contributed by atoms with E-state index in [-0.39, 0.29) is 5.91 Å². The number of amides is 1. The highest BCUT2D eigenvalue weighted by Gasteiger charge is 2.17. The van der Waals surface area contributed by atoms with Crippen LogP contribution in [0.3, 0.4) is 0 Å². The third kappa shape index (κ3) is 5.20. The molecule has 1 saturated heterocycles. The number of hydrogen-bond acceptors (Lipinski definition) is 3. The van der Waals surface area contributed by atoms with Crippen LogP contribution in [-0.4, -0.2) is 44.0 Å². The fourth-order valence-electron chi connectivity index (χ4n) is 3.24. The van der Waals surface area contributed by atoms with Crippen molar-refractivity contribution in [3.8, 4) is 0 Å². The van der Waals surface area contributed by atoms with E-state index < -0.39 is 0 Å². The van der Waals surface area contributed by atoms with Crippen molar-refractivity contribution in [3.05, 3.63) is 65.7 Å². The topological polar surface area (TPSA) is 35.6 Å². The molecule has 0 aromatic heterocycles. The quantitative estimate of drug-likeness (QED) is 0.808. The normalized spacial score (nSPS) is 15.5. The van der Waals surface area contributed by atoms with Gasteiger partial charge >= 0.3 is 0 Å². The summed E-state index contributed by atoms with van der Waals surface area (Å²) in [5.74, 6) is 0.405. The Morgan fingerprint density at radius 1 is 1.00 bits per heavy atom. The number of rotatable bonds is 5. The summed E-state index contributed by atoms with van der Waals surface area (Å²) < 4.78 is 0. The molecule has 142 valence electrons. The van der Waals surface area contributed by atoms with Crippen LogP contribution in [0, 0.1) is 0 Å². The van der Waals surface area contributed by atoms with E-state index in [0.29, 0.717) is 5.92 Å². The average Bonchev–Trinajstić information content (AvgIpc) is 2.68. The first kappa shape index (κ1) is 19.2. The molecule has 1 aliphatic rings. The van der Waals surface area contributed by atoms with Crippen molar-refractivity contribution < 1.29 is 4.79 Å². The molecule has 0 aliphatic carbocycles. The number of para-hydroxylation sites is 2. The Morgan fingerprint density at radius 2 is 1.67 bits per heavy atom. The molecule has 27 heavy (non-hydrogen) atoms. The molecule has 0 atom stereocenters. The maximum atomic E-state index is 12.4. The van der Waals surface area contributed by atoms with Crippen molar-refractivity contribution in [2.45, 2.75) is 19.8 Å². The van der Waals surface area contributed by atoms with Crippen LogP contribution in [0.5, 0.6) is 0 Å². The molecule has 0 unspecified atom stereocenters. The van der Waals surface area contributed by atoms with Crippen molar-refractivity contribution in [2.24, 2.45) is 0 Å². The van der Waals surface area contributed by atoms with Crippen LogP contribution in [0.15, 0.2) is 54.6 Å². The summed E-state index contributed by atoms with van der Waals surface area (Å²) in [6, 6.07) is 16.4. The van der Waals surface area contributed by atoms with Gasteiger partial charge in [-0.2, -0.15) is 0 Å². The van der Waals surface area contributed by atoms with Crippen LogP contribution in [0.2, 0.25) is 0 Å². The van der Waals surface area contributed by atoms with Crippen LogP contribution in [0.25, 0.3) is 6.08 Å². The van der Waals surface area contributed by atoms with Crippen LogP contribution in [0.1, 0.15) is 30.9 Å². The molecule has 1 amide bonds. The van der Waals surface area contributed by atoms with Crippen LogP contribution >= 0.6 is 0 Å². The van der Waals surface area contributed by atoms with Gasteiger partial charge in [0.05, 0.1) is 11.4 Å². The second-order valence-electron chi connectivity index (χ2n) is 7.45. The summed E-state index contributed by atoms with van der Waals surface area (Å²) in [6.07, 6.45) is 3.46. The Morgan fingerprint density at radius 3 is 2.33 bits per heavy atom. The zero-order chi connectivity index (χ0) is 19.2. The lowest BCUT2D eigenvalue weighted by atomic mass is 10.0. The standard InChI is InChI=1S/C23H29N3O/c1-18(2)20-11-8-19(9-12-20)10-13-23(27)24-21-6-4-5-7-22(21)26-16-14-25(3)15-17-26/h4-13,18H,14-17H2,1-3H3,(H,24,27)/b13-10+. The SMILES string of the molecule is CC(C)c1ccc(/C=C/C(=O)Nc2ccccc2N2CCN(C)CC2)cc1. The lowest BCUT2D eigenvalue weighted by Gasteiger charge is -2.35. The monoisotopic (exact) mass is 363 g/mol. The predicted molar refractivity (Wildman–Crippen MR) is 114 cm³/mol. The van der Waals surface area contributed by atoms with E-state index >= 15 is 0 Å². The summed E-state index contributed by atoms with van der Waals surface area (Å²) in [6.45, 7) is 8.37. The summed E-state index contributed by atoms with van der Waals surface area (Å²) in [4.78, 5) is 17.1. The summed E-state index contributed by atoms with van der Waals surface area (Å²) in [5, 5.41) is 3.04. The van der Waals surface area contributed by atoms with Gasteiger partial charge in [-0.1, -0.05) is 50.2 Å². The number of likely N-dealkylation sites (N-methyl/N-ethyl adjacent to an activating group) is 1. The van der Waals surface area contributed by atoms with Gasteiger partial charge in [0.2, 0.25) is 5.91 Å². The Balaban J connectivity index is 1.65. The largest absolute Gasteiger partial charge is 0.367 e. The molecule has 1 fully saturated rings. The van der Waals surface area contributed by atoms with Gasteiger partial charge in [-0.15, -0.1) is 0 Å². The molecule has 0 saturated carbocycles. The van der Waals surface area contributed by atoms with Crippen molar-refractivity contribution in [1.29, 1.82) is 0 Å². The average molecular weight is 364 g/mol. The van der Waals surface area contributed by atoms with Gasteiger partial charge in [-0.3, -0.25) is 4.79 Å². The van der Waals surface area contributed by atoms with Gasteiger partial charge in [-0.05, 0) is 42.3 Å². The molecule has 2 aromatic rings. The fourth-order valence-corrected chi connectivity index (χ4v) is 3.24. The smallest absolute Gasteiger partial charge is 0.248 e. The third-order valence-corrected chi connectivity index (χ3v) is 5.04. The first-order valence-electron chi connectivity index (χ1n) is 9.64. The van der Waals surface area contributed by atoms with Gasteiger partial charge in [0, 0.05) is 32.3 Å². The first-order chi connectivity index (χ1) is 13.0. The lowest BCUT2D eigenvalue weighted by molar-refractivity contribution is -0.111. The Bertz CT molecular complexity index is 788. The van der Waals surface area contributed by atoms with Crippen molar-refractivity contribution in [2.75, 3.05) is 43.4 Å². The molecule has 0 radical (unpaired) electrons. The number of piperazine rings is 1. The zero-order valence-corrected chi connectivity index (χ0v) is 16.5. The van der Waals surface area contributed by atoms with E-state index in [2.05, 4.69) is 66.3 Å². The van der Waals surface area contributed by atoms with Crippen LogP contribution < -0.4 is 10.2 Å². The molecule has 2 aromatic carbocycles. The Kier molecular flexibility index (Phi) is 6.30. The van der Waals surface area contributed by atoms with Crippen LogP contribution in [0.4, 0.5) is 11.4 Å².